The Morgan fingerprint density at radius 3 is 2.48 bits per heavy atom. The molecule has 1 fully saturated rings. The van der Waals surface area contributed by atoms with E-state index >= 15 is 0 Å². The van der Waals surface area contributed by atoms with Gasteiger partial charge in [0.1, 0.15) is 0 Å². The van der Waals surface area contributed by atoms with E-state index in [0.29, 0.717) is 13.1 Å². The lowest BCUT2D eigenvalue weighted by Crippen LogP contribution is -2.48. The number of hydrogen-bond acceptors (Lipinski definition) is 3. The molecule has 126 valence electrons. The number of nitrogens with one attached hydrogen (secondary N) is 1. The first-order valence-electron chi connectivity index (χ1n) is 7.26. The summed E-state index contributed by atoms with van der Waals surface area (Å²) in [6.07, 6.45) is -2.76. The molecule has 8 heteroatoms. The topological polar surface area (TPSA) is 75.4 Å². The third-order valence-electron chi connectivity index (χ3n) is 3.69. The Bertz CT molecular complexity index is 572. The molecule has 2 amide bonds. The van der Waals surface area contributed by atoms with Gasteiger partial charge in [-0.3, -0.25) is 9.59 Å². The summed E-state index contributed by atoms with van der Waals surface area (Å²) in [5.74, 6) is -0.839. The molecular formula is C15H18F3N3O2. The molecule has 1 aromatic carbocycles. The Morgan fingerprint density at radius 2 is 1.91 bits per heavy atom. The van der Waals surface area contributed by atoms with Crippen LogP contribution in [-0.2, 0) is 11.0 Å². The monoisotopic (exact) mass is 329 g/mol. The zero-order valence-corrected chi connectivity index (χ0v) is 12.4. The predicted octanol–water partition coefficient (Wildman–Crippen LogP) is 1.38. The molecule has 1 aromatic rings. The van der Waals surface area contributed by atoms with E-state index in [9.17, 15) is 22.8 Å². The van der Waals surface area contributed by atoms with Crippen molar-refractivity contribution >= 4 is 11.8 Å². The molecule has 3 N–H and O–H groups in total. The molecule has 0 aliphatic carbocycles. The molecule has 0 spiro atoms. The molecule has 5 nitrogen and oxygen atoms in total. The molecule has 1 atom stereocenters. The fraction of sp³-hybridized carbons (Fsp3) is 0.467. The van der Waals surface area contributed by atoms with Gasteiger partial charge in [-0.1, -0.05) is 0 Å². The lowest BCUT2D eigenvalue weighted by molar-refractivity contribution is -0.137. The first-order valence-corrected chi connectivity index (χ1v) is 7.26. The summed E-state index contributed by atoms with van der Waals surface area (Å²) in [5.41, 5.74) is 5.03. The van der Waals surface area contributed by atoms with Crippen molar-refractivity contribution in [3.63, 3.8) is 0 Å². The van der Waals surface area contributed by atoms with Crippen molar-refractivity contribution in [2.45, 2.75) is 25.1 Å². The fourth-order valence-electron chi connectivity index (χ4n) is 2.42. The molecular weight excluding hydrogens is 311 g/mol. The van der Waals surface area contributed by atoms with Gasteiger partial charge in [0.15, 0.2) is 0 Å². The highest BCUT2D eigenvalue weighted by Gasteiger charge is 2.30. The van der Waals surface area contributed by atoms with E-state index in [-0.39, 0.29) is 24.1 Å². The second-order valence-corrected chi connectivity index (χ2v) is 5.50. The third-order valence-corrected chi connectivity index (χ3v) is 3.69. The molecule has 1 heterocycles. The number of carbonyl (C=O) groups is 2. The number of piperidine rings is 1. The minimum atomic E-state index is -4.45. The Hall–Kier alpha value is -2.09. The van der Waals surface area contributed by atoms with Gasteiger partial charge in [0.2, 0.25) is 5.91 Å². The van der Waals surface area contributed by atoms with Gasteiger partial charge in [-0.2, -0.15) is 13.2 Å². The van der Waals surface area contributed by atoms with Gasteiger partial charge in [-0.15, -0.1) is 0 Å². The quantitative estimate of drug-likeness (QED) is 0.880. The number of carbonyl (C=O) groups excluding carboxylic acids is 2. The van der Waals surface area contributed by atoms with E-state index in [1.165, 1.54) is 0 Å². The van der Waals surface area contributed by atoms with Crippen molar-refractivity contribution in [2.24, 2.45) is 5.73 Å². The number of likely N-dealkylation sites (tertiary alicyclic amines) is 1. The van der Waals surface area contributed by atoms with Crippen LogP contribution in [0, 0.1) is 0 Å². The van der Waals surface area contributed by atoms with E-state index in [1.807, 2.05) is 0 Å². The van der Waals surface area contributed by atoms with E-state index in [2.05, 4.69) is 5.32 Å². The van der Waals surface area contributed by atoms with E-state index in [0.717, 1.165) is 37.1 Å². The van der Waals surface area contributed by atoms with Crippen LogP contribution in [0.3, 0.4) is 0 Å². The normalized spacial score (nSPS) is 18.6. The van der Waals surface area contributed by atoms with Gasteiger partial charge in [-0.05, 0) is 37.1 Å². The van der Waals surface area contributed by atoms with E-state index in [4.69, 9.17) is 5.73 Å². The van der Waals surface area contributed by atoms with Crippen molar-refractivity contribution in [3.8, 4) is 0 Å². The number of rotatable bonds is 3. The first-order chi connectivity index (χ1) is 10.8. The number of halogens is 3. The Balaban J connectivity index is 1.88. The van der Waals surface area contributed by atoms with Crippen molar-refractivity contribution in [1.29, 1.82) is 0 Å². The maximum Gasteiger partial charge on any atom is 0.416 e. The summed E-state index contributed by atoms with van der Waals surface area (Å²) in [4.78, 5) is 25.4. The number of benzene rings is 1. The smallest absolute Gasteiger partial charge is 0.343 e. The van der Waals surface area contributed by atoms with Crippen LogP contribution >= 0.6 is 0 Å². The second-order valence-electron chi connectivity index (χ2n) is 5.50. The second kappa shape index (κ2) is 6.99. The zero-order chi connectivity index (χ0) is 17.0. The average molecular weight is 329 g/mol. The lowest BCUT2D eigenvalue weighted by atomic mass is 10.1. The van der Waals surface area contributed by atoms with Crippen LogP contribution in [0.5, 0.6) is 0 Å². The Morgan fingerprint density at radius 1 is 1.26 bits per heavy atom. The van der Waals surface area contributed by atoms with Gasteiger partial charge in [0.05, 0.1) is 12.1 Å². The molecule has 0 radical (unpaired) electrons. The minimum absolute atomic E-state index is 0.0571. The summed E-state index contributed by atoms with van der Waals surface area (Å²) < 4.78 is 37.4. The molecule has 1 aliphatic heterocycles. The minimum Gasteiger partial charge on any atom is -0.343 e. The van der Waals surface area contributed by atoms with Gasteiger partial charge in [-0.25, -0.2) is 0 Å². The zero-order valence-electron chi connectivity index (χ0n) is 12.4. The Kier molecular flexibility index (Phi) is 5.25. The summed E-state index contributed by atoms with van der Waals surface area (Å²) in [5, 5.41) is 2.42. The summed E-state index contributed by atoms with van der Waals surface area (Å²) in [7, 11) is 0. The van der Waals surface area contributed by atoms with Crippen molar-refractivity contribution in [3.05, 3.63) is 35.4 Å². The lowest BCUT2D eigenvalue weighted by Gasteiger charge is -2.30. The van der Waals surface area contributed by atoms with Crippen molar-refractivity contribution < 1.29 is 22.8 Å². The van der Waals surface area contributed by atoms with Crippen LogP contribution in [0.2, 0.25) is 0 Å². The van der Waals surface area contributed by atoms with Crippen LogP contribution < -0.4 is 11.1 Å². The maximum absolute atomic E-state index is 12.5. The van der Waals surface area contributed by atoms with Crippen LogP contribution in [0.15, 0.2) is 24.3 Å². The molecule has 23 heavy (non-hydrogen) atoms. The van der Waals surface area contributed by atoms with Crippen molar-refractivity contribution in [2.75, 3.05) is 19.6 Å². The first kappa shape index (κ1) is 17.3. The predicted molar refractivity (Wildman–Crippen MR) is 77.6 cm³/mol. The van der Waals surface area contributed by atoms with E-state index in [1.54, 1.807) is 4.90 Å². The summed E-state index contributed by atoms with van der Waals surface area (Å²) >= 11 is 0. The Labute approximate surface area is 131 Å². The number of alkyl halides is 3. The largest absolute Gasteiger partial charge is 0.416 e. The highest BCUT2D eigenvalue weighted by molar-refractivity contribution is 5.96. The van der Waals surface area contributed by atoms with Crippen molar-refractivity contribution in [1.82, 2.24) is 10.2 Å². The van der Waals surface area contributed by atoms with Gasteiger partial charge in [0, 0.05) is 24.7 Å². The van der Waals surface area contributed by atoms with Crippen LogP contribution in [0.1, 0.15) is 28.8 Å². The molecule has 1 aliphatic rings. The van der Waals surface area contributed by atoms with E-state index < -0.39 is 17.6 Å². The van der Waals surface area contributed by atoms with Gasteiger partial charge >= 0.3 is 6.18 Å². The number of amides is 2. The highest BCUT2D eigenvalue weighted by atomic mass is 19.4. The number of hydrogen-bond donors (Lipinski definition) is 2. The maximum atomic E-state index is 12.5. The molecule has 1 saturated heterocycles. The average Bonchev–Trinajstić information content (AvgIpc) is 2.51. The molecule has 2 rings (SSSR count). The third kappa shape index (κ3) is 4.69. The summed E-state index contributed by atoms with van der Waals surface area (Å²) in [6.45, 7) is 0.851. The van der Waals surface area contributed by atoms with Gasteiger partial charge < -0.3 is 16.0 Å². The molecule has 0 saturated carbocycles. The van der Waals surface area contributed by atoms with Gasteiger partial charge in [0.25, 0.3) is 5.91 Å². The summed E-state index contributed by atoms with van der Waals surface area (Å²) in [6, 6.07) is 3.78. The SMILES string of the molecule is NC1CCCN(C(=O)CNC(=O)c2ccc(C(F)(F)F)cc2)C1. The highest BCUT2D eigenvalue weighted by Crippen LogP contribution is 2.29. The van der Waals surface area contributed by atoms with Crippen LogP contribution in [0.25, 0.3) is 0 Å². The molecule has 0 aromatic heterocycles. The molecule has 0 bridgehead atoms. The standard InChI is InChI=1S/C15H18F3N3O2/c16-15(17,18)11-5-3-10(4-6-11)14(23)20-8-13(22)21-7-1-2-12(19)9-21/h3-6,12H,1-2,7-9,19H2,(H,20,23). The fourth-order valence-corrected chi connectivity index (χ4v) is 2.42. The van der Waals surface area contributed by atoms with Crippen LogP contribution in [-0.4, -0.2) is 42.4 Å². The van der Waals surface area contributed by atoms with Crippen LogP contribution in [0.4, 0.5) is 13.2 Å². The number of nitrogens with zero attached hydrogens (tertiary/aromatic N) is 1. The molecule has 1 unspecified atom stereocenters. The number of nitrogens with two attached hydrogens (primary N) is 1.